The molecule has 1 amide bonds. The van der Waals surface area contributed by atoms with E-state index >= 15 is 0 Å². The zero-order chi connectivity index (χ0) is 17.4. The molecule has 1 N–H and O–H groups in total. The van der Waals surface area contributed by atoms with E-state index in [2.05, 4.69) is 13.8 Å². The number of carbonyl (C=O) groups excluding carboxylic acids is 1. The Kier molecular flexibility index (Phi) is 8.64. The molecule has 4 heteroatoms. The van der Waals surface area contributed by atoms with Crippen LogP contribution >= 0.6 is 0 Å². The second-order valence-corrected chi connectivity index (χ2v) is 7.82. The number of hydrogen-bond donors (Lipinski definition) is 1. The van der Waals surface area contributed by atoms with Crippen molar-refractivity contribution in [1.82, 2.24) is 4.90 Å². The molecule has 1 aliphatic rings. The fraction of sp³-hybridized carbons (Fsp3) is 0.895. The van der Waals surface area contributed by atoms with Crippen LogP contribution in [0.15, 0.2) is 0 Å². The van der Waals surface area contributed by atoms with E-state index in [1.165, 1.54) is 25.7 Å². The standard InChI is InChI=1S/C19H35NO3/c1-14(2)7-5-6-8-17-9-11-20(12-10-17)18(21)15(3)13-16(4)19(22)23/h14-17H,5-13H2,1-4H3,(H,22,23). The highest BCUT2D eigenvalue weighted by Gasteiger charge is 2.27. The van der Waals surface area contributed by atoms with E-state index in [1.54, 1.807) is 6.92 Å². The lowest BCUT2D eigenvalue weighted by Gasteiger charge is -2.34. The number of amides is 1. The average Bonchev–Trinajstić information content (AvgIpc) is 2.51. The van der Waals surface area contributed by atoms with Gasteiger partial charge in [0.1, 0.15) is 0 Å². The highest BCUT2D eigenvalue weighted by Crippen LogP contribution is 2.25. The molecule has 2 atom stereocenters. The lowest BCUT2D eigenvalue weighted by Crippen LogP contribution is -2.41. The van der Waals surface area contributed by atoms with Gasteiger partial charge in [0.25, 0.3) is 0 Å². The number of rotatable bonds is 9. The van der Waals surface area contributed by atoms with Crippen LogP contribution < -0.4 is 0 Å². The van der Waals surface area contributed by atoms with Gasteiger partial charge in [-0.25, -0.2) is 0 Å². The summed E-state index contributed by atoms with van der Waals surface area (Å²) in [6.45, 7) is 9.78. The minimum atomic E-state index is -0.815. The van der Waals surface area contributed by atoms with Crippen molar-refractivity contribution >= 4 is 11.9 Å². The number of hydrogen-bond acceptors (Lipinski definition) is 2. The van der Waals surface area contributed by atoms with E-state index in [4.69, 9.17) is 5.11 Å². The quantitative estimate of drug-likeness (QED) is 0.647. The summed E-state index contributed by atoms with van der Waals surface area (Å²) >= 11 is 0. The second-order valence-electron chi connectivity index (χ2n) is 7.82. The fourth-order valence-electron chi connectivity index (χ4n) is 3.47. The molecule has 1 rings (SSSR count). The van der Waals surface area contributed by atoms with Gasteiger partial charge in [0, 0.05) is 19.0 Å². The number of unbranched alkanes of at least 4 members (excludes halogenated alkanes) is 1. The molecular formula is C19H35NO3. The molecule has 0 radical (unpaired) electrons. The summed E-state index contributed by atoms with van der Waals surface area (Å²) in [6.07, 6.45) is 7.88. The summed E-state index contributed by atoms with van der Waals surface area (Å²) < 4.78 is 0. The Balaban J connectivity index is 2.26. The van der Waals surface area contributed by atoms with Crippen LogP contribution in [0.2, 0.25) is 0 Å². The third-order valence-corrected chi connectivity index (χ3v) is 5.12. The molecule has 1 heterocycles. The lowest BCUT2D eigenvalue weighted by molar-refractivity contribution is -0.143. The maximum Gasteiger partial charge on any atom is 0.306 e. The summed E-state index contributed by atoms with van der Waals surface area (Å²) in [5.74, 6) is 0.237. The minimum absolute atomic E-state index is 0.136. The van der Waals surface area contributed by atoms with Crippen LogP contribution in [0.25, 0.3) is 0 Å². The molecule has 0 bridgehead atoms. The number of likely N-dealkylation sites (tertiary alicyclic amines) is 1. The zero-order valence-corrected chi connectivity index (χ0v) is 15.4. The highest BCUT2D eigenvalue weighted by molar-refractivity contribution is 5.79. The second kappa shape index (κ2) is 9.94. The first-order valence-electron chi connectivity index (χ1n) is 9.32. The zero-order valence-electron chi connectivity index (χ0n) is 15.4. The Morgan fingerprint density at radius 3 is 2.17 bits per heavy atom. The fourth-order valence-corrected chi connectivity index (χ4v) is 3.47. The monoisotopic (exact) mass is 325 g/mol. The van der Waals surface area contributed by atoms with Crippen LogP contribution in [-0.2, 0) is 9.59 Å². The highest BCUT2D eigenvalue weighted by atomic mass is 16.4. The van der Waals surface area contributed by atoms with Gasteiger partial charge in [-0.1, -0.05) is 53.4 Å². The molecule has 0 aromatic rings. The third-order valence-electron chi connectivity index (χ3n) is 5.12. The van der Waals surface area contributed by atoms with Gasteiger partial charge in [-0.15, -0.1) is 0 Å². The lowest BCUT2D eigenvalue weighted by atomic mass is 9.89. The first-order chi connectivity index (χ1) is 10.8. The van der Waals surface area contributed by atoms with Crippen LogP contribution in [0.3, 0.4) is 0 Å². The van der Waals surface area contributed by atoms with Crippen molar-refractivity contribution in [3.63, 3.8) is 0 Å². The van der Waals surface area contributed by atoms with Gasteiger partial charge in [0.15, 0.2) is 0 Å². The van der Waals surface area contributed by atoms with Gasteiger partial charge in [0.05, 0.1) is 5.92 Å². The number of carboxylic acids is 1. The molecule has 23 heavy (non-hydrogen) atoms. The molecule has 0 aromatic carbocycles. The number of carboxylic acid groups (broad SMARTS) is 1. The van der Waals surface area contributed by atoms with Gasteiger partial charge in [0.2, 0.25) is 5.91 Å². The van der Waals surface area contributed by atoms with E-state index < -0.39 is 11.9 Å². The first-order valence-corrected chi connectivity index (χ1v) is 9.32. The van der Waals surface area contributed by atoms with Crippen molar-refractivity contribution < 1.29 is 14.7 Å². The van der Waals surface area contributed by atoms with Crippen molar-refractivity contribution in [1.29, 1.82) is 0 Å². The Morgan fingerprint density at radius 2 is 1.65 bits per heavy atom. The van der Waals surface area contributed by atoms with E-state index in [9.17, 15) is 9.59 Å². The Bertz CT molecular complexity index is 373. The van der Waals surface area contributed by atoms with Crippen LogP contribution in [0.1, 0.15) is 72.6 Å². The molecule has 0 aliphatic carbocycles. The maximum absolute atomic E-state index is 12.4. The predicted octanol–water partition coefficient (Wildman–Crippen LogP) is 4.19. The molecular weight excluding hydrogens is 290 g/mol. The summed E-state index contributed by atoms with van der Waals surface area (Å²) in [6, 6.07) is 0. The molecule has 4 nitrogen and oxygen atoms in total. The third kappa shape index (κ3) is 7.36. The number of nitrogens with zero attached hydrogens (tertiary/aromatic N) is 1. The number of carbonyl (C=O) groups is 2. The van der Waals surface area contributed by atoms with Gasteiger partial charge in [-0.05, 0) is 31.1 Å². The average molecular weight is 325 g/mol. The predicted molar refractivity (Wildman–Crippen MR) is 93.2 cm³/mol. The molecule has 134 valence electrons. The van der Waals surface area contributed by atoms with E-state index in [-0.39, 0.29) is 11.8 Å². The Labute approximate surface area is 141 Å². The van der Waals surface area contributed by atoms with Crippen LogP contribution in [0.5, 0.6) is 0 Å². The summed E-state index contributed by atoms with van der Waals surface area (Å²) in [5.41, 5.74) is 0. The summed E-state index contributed by atoms with van der Waals surface area (Å²) in [5, 5.41) is 8.97. The Hall–Kier alpha value is -1.06. The van der Waals surface area contributed by atoms with Crippen molar-refractivity contribution in [2.75, 3.05) is 13.1 Å². The summed E-state index contributed by atoms with van der Waals surface area (Å²) in [7, 11) is 0. The van der Waals surface area contributed by atoms with Crippen LogP contribution in [0, 0.1) is 23.7 Å². The maximum atomic E-state index is 12.4. The topological polar surface area (TPSA) is 57.6 Å². The molecule has 0 aromatic heterocycles. The van der Waals surface area contributed by atoms with Crippen molar-refractivity contribution in [3.8, 4) is 0 Å². The summed E-state index contributed by atoms with van der Waals surface area (Å²) in [4.78, 5) is 25.3. The number of aliphatic carboxylic acids is 1. The van der Waals surface area contributed by atoms with Gasteiger partial charge < -0.3 is 10.0 Å². The van der Waals surface area contributed by atoms with Crippen LogP contribution in [0.4, 0.5) is 0 Å². The van der Waals surface area contributed by atoms with Gasteiger partial charge >= 0.3 is 5.97 Å². The normalized spacial score (nSPS) is 18.9. The molecule has 1 saturated heterocycles. The van der Waals surface area contributed by atoms with Gasteiger partial charge in [-0.3, -0.25) is 9.59 Å². The largest absolute Gasteiger partial charge is 0.481 e. The molecule has 2 unspecified atom stereocenters. The smallest absolute Gasteiger partial charge is 0.306 e. The van der Waals surface area contributed by atoms with Gasteiger partial charge in [-0.2, -0.15) is 0 Å². The Morgan fingerprint density at radius 1 is 1.04 bits per heavy atom. The minimum Gasteiger partial charge on any atom is -0.481 e. The van der Waals surface area contributed by atoms with Crippen molar-refractivity contribution in [3.05, 3.63) is 0 Å². The molecule has 0 spiro atoms. The SMILES string of the molecule is CC(C)CCCCC1CCN(C(=O)C(C)CC(C)C(=O)O)CC1. The van der Waals surface area contributed by atoms with Crippen LogP contribution in [-0.4, -0.2) is 35.0 Å². The van der Waals surface area contributed by atoms with Crippen molar-refractivity contribution in [2.45, 2.75) is 72.6 Å². The molecule has 0 saturated carbocycles. The number of piperidine rings is 1. The molecule has 1 aliphatic heterocycles. The first kappa shape index (κ1) is 20.0. The van der Waals surface area contributed by atoms with E-state index in [0.29, 0.717) is 6.42 Å². The van der Waals surface area contributed by atoms with E-state index in [1.807, 2.05) is 11.8 Å². The molecule has 1 fully saturated rings. The van der Waals surface area contributed by atoms with E-state index in [0.717, 1.165) is 37.8 Å². The van der Waals surface area contributed by atoms with Crippen molar-refractivity contribution in [2.24, 2.45) is 23.7 Å².